The zero-order valence-electron chi connectivity index (χ0n) is 7.49. The fraction of sp³-hybridized carbons (Fsp3) is 0.400. The van der Waals surface area contributed by atoms with Crippen molar-refractivity contribution in [2.24, 2.45) is 0 Å². The average Bonchev–Trinajstić information content (AvgIpc) is 1.92. The highest BCUT2D eigenvalue weighted by atomic mass is 35.5. The van der Waals surface area contributed by atoms with Crippen LogP contribution < -0.4 is 0 Å². The normalized spacial score (nSPS) is 11.8. The molecule has 0 aliphatic carbocycles. The summed E-state index contributed by atoms with van der Waals surface area (Å²) >= 11 is 5.80. The first-order valence-electron chi connectivity index (χ1n) is 3.87. The van der Waals surface area contributed by atoms with E-state index in [1.165, 1.54) is 6.07 Å². The van der Waals surface area contributed by atoms with Crippen LogP contribution in [0.1, 0.15) is 26.3 Å². The first-order valence-corrected chi connectivity index (χ1v) is 4.25. The van der Waals surface area contributed by atoms with Crippen molar-refractivity contribution in [2.45, 2.75) is 26.2 Å². The largest absolute Gasteiger partial charge is 0.205 e. The second kappa shape index (κ2) is 3.06. The molecule has 1 aromatic carbocycles. The van der Waals surface area contributed by atoms with Crippen molar-refractivity contribution in [1.82, 2.24) is 0 Å². The Morgan fingerprint density at radius 2 is 1.83 bits per heavy atom. The van der Waals surface area contributed by atoms with Gasteiger partial charge >= 0.3 is 0 Å². The second-order valence-corrected chi connectivity index (χ2v) is 4.23. The van der Waals surface area contributed by atoms with Gasteiger partial charge in [-0.05, 0) is 17.0 Å². The minimum Gasteiger partial charge on any atom is -0.205 e. The van der Waals surface area contributed by atoms with Gasteiger partial charge in [0.1, 0.15) is 5.82 Å². The van der Waals surface area contributed by atoms with E-state index < -0.39 is 0 Å². The SMILES string of the molecule is CC(C)(C)c1cccc(F)c1Cl. The summed E-state index contributed by atoms with van der Waals surface area (Å²) in [7, 11) is 0. The Balaban J connectivity index is 3.26. The Kier molecular flexibility index (Phi) is 2.43. The predicted molar refractivity (Wildman–Crippen MR) is 50.1 cm³/mol. The Labute approximate surface area is 77.4 Å². The van der Waals surface area contributed by atoms with E-state index >= 15 is 0 Å². The van der Waals surface area contributed by atoms with Gasteiger partial charge in [-0.25, -0.2) is 4.39 Å². The van der Waals surface area contributed by atoms with Crippen molar-refractivity contribution >= 4 is 11.6 Å². The lowest BCUT2D eigenvalue weighted by Gasteiger charge is -2.20. The third-order valence-corrected chi connectivity index (χ3v) is 2.14. The van der Waals surface area contributed by atoms with Crippen molar-refractivity contribution < 1.29 is 4.39 Å². The van der Waals surface area contributed by atoms with Crippen LogP contribution in [0.15, 0.2) is 18.2 Å². The van der Waals surface area contributed by atoms with E-state index in [4.69, 9.17) is 11.6 Å². The lowest BCUT2D eigenvalue weighted by Crippen LogP contribution is -2.12. The molecule has 1 aromatic rings. The van der Waals surface area contributed by atoms with Gasteiger partial charge in [-0.1, -0.05) is 44.5 Å². The van der Waals surface area contributed by atoms with Gasteiger partial charge in [-0.15, -0.1) is 0 Å². The number of benzene rings is 1. The van der Waals surface area contributed by atoms with Crippen LogP contribution in [0.3, 0.4) is 0 Å². The molecule has 1 rings (SSSR count). The summed E-state index contributed by atoms with van der Waals surface area (Å²) in [6.45, 7) is 6.02. The number of hydrogen-bond donors (Lipinski definition) is 0. The quantitative estimate of drug-likeness (QED) is 0.579. The Morgan fingerprint density at radius 1 is 1.25 bits per heavy atom. The molecule has 0 saturated heterocycles. The molecule has 2 heteroatoms. The Hall–Kier alpha value is -0.560. The Morgan fingerprint density at radius 3 is 2.25 bits per heavy atom. The molecule has 0 spiro atoms. The Bertz CT molecular complexity index is 286. The summed E-state index contributed by atoms with van der Waals surface area (Å²) in [6, 6.07) is 4.91. The molecule has 0 aliphatic rings. The second-order valence-electron chi connectivity index (χ2n) is 3.85. The lowest BCUT2D eigenvalue weighted by molar-refractivity contribution is 0.573. The molecule has 0 N–H and O–H groups in total. The van der Waals surface area contributed by atoms with Crippen molar-refractivity contribution in [1.29, 1.82) is 0 Å². The number of halogens is 2. The van der Waals surface area contributed by atoms with Gasteiger partial charge in [0.25, 0.3) is 0 Å². The van der Waals surface area contributed by atoms with E-state index in [0.717, 1.165) is 5.56 Å². The minimum absolute atomic E-state index is 0.0980. The molecule has 0 amide bonds. The molecule has 66 valence electrons. The van der Waals surface area contributed by atoms with E-state index in [1.807, 2.05) is 26.8 Å². The van der Waals surface area contributed by atoms with Crippen LogP contribution in [0.25, 0.3) is 0 Å². The molecule has 0 nitrogen and oxygen atoms in total. The number of rotatable bonds is 0. The number of hydrogen-bond acceptors (Lipinski definition) is 0. The topological polar surface area (TPSA) is 0 Å². The fourth-order valence-corrected chi connectivity index (χ4v) is 1.49. The summed E-state index contributed by atoms with van der Waals surface area (Å²) in [5.74, 6) is -0.343. The maximum atomic E-state index is 13.0. The average molecular weight is 187 g/mol. The van der Waals surface area contributed by atoms with Gasteiger partial charge in [0.05, 0.1) is 5.02 Å². The zero-order valence-corrected chi connectivity index (χ0v) is 8.24. The summed E-state index contributed by atoms with van der Waals surface area (Å²) in [5.41, 5.74) is 0.753. The summed E-state index contributed by atoms with van der Waals surface area (Å²) in [6.07, 6.45) is 0. The van der Waals surface area contributed by atoms with Gasteiger partial charge in [-0.2, -0.15) is 0 Å². The maximum absolute atomic E-state index is 13.0. The summed E-state index contributed by atoms with van der Waals surface area (Å²) < 4.78 is 13.0. The molecule has 0 atom stereocenters. The predicted octanol–water partition coefficient (Wildman–Crippen LogP) is 3.78. The molecule has 0 saturated carbocycles. The van der Waals surface area contributed by atoms with E-state index in [1.54, 1.807) is 6.07 Å². The highest BCUT2D eigenvalue weighted by molar-refractivity contribution is 6.31. The fourth-order valence-electron chi connectivity index (χ4n) is 1.08. The van der Waals surface area contributed by atoms with Gasteiger partial charge < -0.3 is 0 Å². The molecule has 0 bridgehead atoms. The summed E-state index contributed by atoms with van der Waals surface area (Å²) in [4.78, 5) is 0. The zero-order chi connectivity index (χ0) is 9.35. The van der Waals surface area contributed by atoms with E-state index in [-0.39, 0.29) is 16.3 Å². The molecule has 0 radical (unpaired) electrons. The van der Waals surface area contributed by atoms with E-state index in [2.05, 4.69) is 0 Å². The van der Waals surface area contributed by atoms with Crippen LogP contribution in [0.2, 0.25) is 5.02 Å². The lowest BCUT2D eigenvalue weighted by atomic mass is 9.87. The van der Waals surface area contributed by atoms with Crippen LogP contribution in [0.5, 0.6) is 0 Å². The van der Waals surface area contributed by atoms with Gasteiger partial charge in [0.15, 0.2) is 0 Å². The molecule has 0 unspecified atom stereocenters. The standard InChI is InChI=1S/C10H12ClF/c1-10(2,3)7-5-4-6-8(12)9(7)11/h4-6H,1-3H3. The van der Waals surface area contributed by atoms with Gasteiger partial charge in [-0.3, -0.25) is 0 Å². The highest BCUT2D eigenvalue weighted by Crippen LogP contribution is 2.30. The van der Waals surface area contributed by atoms with Crippen LogP contribution in [0, 0.1) is 5.82 Å². The van der Waals surface area contributed by atoms with Crippen LogP contribution in [-0.2, 0) is 5.41 Å². The molecule has 0 fully saturated rings. The van der Waals surface area contributed by atoms with Crippen molar-refractivity contribution in [3.05, 3.63) is 34.6 Å². The molecule has 12 heavy (non-hydrogen) atoms. The smallest absolute Gasteiger partial charge is 0.142 e. The molecule has 0 heterocycles. The third kappa shape index (κ3) is 1.78. The molecule has 0 aliphatic heterocycles. The maximum Gasteiger partial charge on any atom is 0.142 e. The van der Waals surface area contributed by atoms with Gasteiger partial charge in [0.2, 0.25) is 0 Å². The van der Waals surface area contributed by atoms with Crippen molar-refractivity contribution in [2.75, 3.05) is 0 Å². The van der Waals surface area contributed by atoms with Crippen molar-refractivity contribution in [3.8, 4) is 0 Å². The summed E-state index contributed by atoms with van der Waals surface area (Å²) in [5, 5.41) is 0.241. The van der Waals surface area contributed by atoms with Crippen LogP contribution in [-0.4, -0.2) is 0 Å². The molecular weight excluding hydrogens is 175 g/mol. The third-order valence-electron chi connectivity index (χ3n) is 1.76. The first-order chi connectivity index (χ1) is 5.43. The monoisotopic (exact) mass is 186 g/mol. The molecule has 0 aromatic heterocycles. The molecular formula is C10H12ClF. The minimum atomic E-state index is -0.343. The van der Waals surface area contributed by atoms with Gasteiger partial charge in [0, 0.05) is 0 Å². The highest BCUT2D eigenvalue weighted by Gasteiger charge is 2.18. The van der Waals surface area contributed by atoms with Crippen LogP contribution >= 0.6 is 11.6 Å². The van der Waals surface area contributed by atoms with Crippen LogP contribution in [0.4, 0.5) is 4.39 Å². The van der Waals surface area contributed by atoms with Crippen molar-refractivity contribution in [3.63, 3.8) is 0 Å². The van der Waals surface area contributed by atoms with E-state index in [9.17, 15) is 4.39 Å². The van der Waals surface area contributed by atoms with E-state index in [0.29, 0.717) is 0 Å². The first kappa shape index (κ1) is 9.53.